The number of benzene rings is 2. The molecule has 0 saturated carbocycles. The van der Waals surface area contributed by atoms with Crippen molar-refractivity contribution in [3.63, 3.8) is 0 Å². The Labute approximate surface area is 187 Å². The number of carbonyl (C=O) groups excluding carboxylic acids is 1. The Bertz CT molecular complexity index is 1140. The molecule has 3 aromatic rings. The minimum Gasteiger partial charge on any atom is -0.383 e. The van der Waals surface area contributed by atoms with E-state index in [4.69, 9.17) is 17.3 Å². The van der Waals surface area contributed by atoms with Crippen molar-refractivity contribution in [1.29, 1.82) is 0 Å². The van der Waals surface area contributed by atoms with Crippen LogP contribution >= 0.6 is 11.6 Å². The zero-order valence-electron chi connectivity index (χ0n) is 17.3. The van der Waals surface area contributed by atoms with Crippen LogP contribution < -0.4 is 11.1 Å². The van der Waals surface area contributed by atoms with E-state index in [1.165, 1.54) is 25.9 Å². The lowest BCUT2D eigenvalue weighted by atomic mass is 10.1. The molecule has 158 valence electrons. The summed E-state index contributed by atoms with van der Waals surface area (Å²) in [5.41, 5.74) is 8.13. The predicted octanol–water partition coefficient (Wildman–Crippen LogP) is 4.09. The van der Waals surface area contributed by atoms with Crippen LogP contribution in [0.1, 0.15) is 40.7 Å². The van der Waals surface area contributed by atoms with Crippen molar-refractivity contribution in [2.45, 2.75) is 19.3 Å². The maximum atomic E-state index is 12.4. The number of halogens is 1. The Morgan fingerprint density at radius 3 is 2.68 bits per heavy atom. The van der Waals surface area contributed by atoms with Crippen LogP contribution in [0.3, 0.4) is 0 Å². The minimum absolute atomic E-state index is 0.0573. The van der Waals surface area contributed by atoms with Crippen LogP contribution in [0.4, 0.5) is 5.82 Å². The lowest BCUT2D eigenvalue weighted by molar-refractivity contribution is 0.0952. The fourth-order valence-corrected chi connectivity index (χ4v) is 3.96. The number of aromatic nitrogens is 1. The number of hydrogen-bond donors (Lipinski definition) is 2. The van der Waals surface area contributed by atoms with Crippen LogP contribution in [0.2, 0.25) is 5.02 Å². The lowest BCUT2D eigenvalue weighted by Crippen LogP contribution is -2.28. The molecule has 1 aliphatic rings. The molecule has 0 bridgehead atoms. The molecule has 0 atom stereocenters. The number of likely N-dealkylation sites (tertiary alicyclic amines) is 1. The topological polar surface area (TPSA) is 71.2 Å². The quantitative estimate of drug-likeness (QED) is 0.470. The summed E-state index contributed by atoms with van der Waals surface area (Å²) in [6.45, 7) is 4.10. The van der Waals surface area contributed by atoms with Gasteiger partial charge in [0.05, 0.1) is 5.56 Å². The summed E-state index contributed by atoms with van der Waals surface area (Å²) < 4.78 is 0. The maximum Gasteiger partial charge on any atom is 0.251 e. The number of amides is 1. The molecular formula is C25H25ClN4O. The molecular weight excluding hydrogens is 408 g/mol. The molecule has 1 saturated heterocycles. The predicted molar refractivity (Wildman–Crippen MR) is 126 cm³/mol. The Hall–Kier alpha value is -3.07. The number of fused-ring (bicyclic) bond motifs is 1. The van der Waals surface area contributed by atoms with Gasteiger partial charge in [0.15, 0.2) is 0 Å². The number of pyridine rings is 1. The molecule has 4 rings (SSSR count). The fourth-order valence-electron chi connectivity index (χ4n) is 3.78. The van der Waals surface area contributed by atoms with Crippen molar-refractivity contribution >= 4 is 34.1 Å². The molecule has 1 amide bonds. The minimum atomic E-state index is -0.0573. The normalized spacial score (nSPS) is 13.7. The van der Waals surface area contributed by atoms with E-state index >= 15 is 0 Å². The van der Waals surface area contributed by atoms with Crippen LogP contribution in [0, 0.1) is 11.8 Å². The standard InChI is InChI=1S/C25H25ClN4O/c26-21-10-9-20-17-29-24(27)22(23(20)16-21)11-6-18-4-7-19(8-5-18)25(31)28-12-3-15-30-13-1-2-14-30/h4-5,7-10,16-17H,1-3,12-15H2,(H2,27,29)(H,28,31). The zero-order chi connectivity index (χ0) is 21.6. The highest BCUT2D eigenvalue weighted by molar-refractivity contribution is 6.31. The first-order valence-corrected chi connectivity index (χ1v) is 10.9. The van der Waals surface area contributed by atoms with E-state index in [0.29, 0.717) is 28.5 Å². The third kappa shape index (κ3) is 5.35. The molecule has 2 heterocycles. The van der Waals surface area contributed by atoms with Crippen molar-refractivity contribution in [3.8, 4) is 11.8 Å². The second-order valence-corrected chi connectivity index (χ2v) is 8.17. The van der Waals surface area contributed by atoms with E-state index < -0.39 is 0 Å². The molecule has 1 fully saturated rings. The Morgan fingerprint density at radius 2 is 1.90 bits per heavy atom. The SMILES string of the molecule is Nc1ncc2ccc(Cl)cc2c1C#Cc1ccc(C(=O)NCCCN2CCCC2)cc1. The molecule has 3 N–H and O–H groups in total. The van der Waals surface area contributed by atoms with Gasteiger partial charge in [-0.2, -0.15) is 0 Å². The van der Waals surface area contributed by atoms with Gasteiger partial charge in [0.25, 0.3) is 5.91 Å². The van der Waals surface area contributed by atoms with E-state index in [1.807, 2.05) is 30.3 Å². The van der Waals surface area contributed by atoms with Gasteiger partial charge < -0.3 is 16.0 Å². The van der Waals surface area contributed by atoms with E-state index in [0.717, 1.165) is 29.3 Å². The third-order valence-electron chi connectivity index (χ3n) is 5.50. The second-order valence-electron chi connectivity index (χ2n) is 7.74. The molecule has 0 unspecified atom stereocenters. The number of nitrogens with two attached hydrogens (primary N) is 1. The van der Waals surface area contributed by atoms with E-state index in [1.54, 1.807) is 18.3 Å². The highest BCUT2D eigenvalue weighted by Crippen LogP contribution is 2.24. The highest BCUT2D eigenvalue weighted by atomic mass is 35.5. The molecule has 5 nitrogen and oxygen atoms in total. The largest absolute Gasteiger partial charge is 0.383 e. The summed E-state index contributed by atoms with van der Waals surface area (Å²) in [6, 6.07) is 12.8. The van der Waals surface area contributed by atoms with E-state index in [9.17, 15) is 4.79 Å². The van der Waals surface area contributed by atoms with E-state index in [-0.39, 0.29) is 5.91 Å². The smallest absolute Gasteiger partial charge is 0.251 e. The Kier molecular flexibility index (Phi) is 6.71. The number of nitrogens with zero attached hydrogens (tertiary/aromatic N) is 2. The monoisotopic (exact) mass is 432 g/mol. The molecule has 6 heteroatoms. The maximum absolute atomic E-state index is 12.4. The first-order chi connectivity index (χ1) is 15.1. The van der Waals surface area contributed by atoms with Crippen LogP contribution in [0.25, 0.3) is 10.8 Å². The Balaban J connectivity index is 1.40. The molecule has 31 heavy (non-hydrogen) atoms. The first kappa shape index (κ1) is 21.2. The van der Waals surface area contributed by atoms with Crippen molar-refractivity contribution in [3.05, 3.63) is 70.4 Å². The van der Waals surface area contributed by atoms with E-state index in [2.05, 4.69) is 27.0 Å². The summed E-state index contributed by atoms with van der Waals surface area (Å²) in [7, 11) is 0. The average Bonchev–Trinajstić information content (AvgIpc) is 3.30. The number of nitrogens with one attached hydrogen (secondary N) is 1. The van der Waals surface area contributed by atoms with Gasteiger partial charge in [-0.1, -0.05) is 29.5 Å². The van der Waals surface area contributed by atoms with Crippen LogP contribution in [-0.2, 0) is 0 Å². The van der Waals surface area contributed by atoms with Gasteiger partial charge in [-0.3, -0.25) is 4.79 Å². The summed E-state index contributed by atoms with van der Waals surface area (Å²) in [6.07, 6.45) is 5.27. The van der Waals surface area contributed by atoms with Crippen molar-refractivity contribution in [2.24, 2.45) is 0 Å². The number of anilines is 1. The number of rotatable bonds is 5. The van der Waals surface area contributed by atoms with Gasteiger partial charge in [-0.15, -0.1) is 0 Å². The van der Waals surface area contributed by atoms with Crippen LogP contribution in [0.5, 0.6) is 0 Å². The average molecular weight is 433 g/mol. The van der Waals surface area contributed by atoms with Gasteiger partial charge in [0.2, 0.25) is 0 Å². The van der Waals surface area contributed by atoms with Crippen molar-refractivity contribution < 1.29 is 4.79 Å². The van der Waals surface area contributed by atoms with Gasteiger partial charge in [0.1, 0.15) is 5.82 Å². The van der Waals surface area contributed by atoms with Gasteiger partial charge in [-0.25, -0.2) is 4.98 Å². The molecule has 0 spiro atoms. The van der Waals surface area contributed by atoms with Gasteiger partial charge >= 0.3 is 0 Å². The first-order valence-electron chi connectivity index (χ1n) is 10.6. The van der Waals surface area contributed by atoms with Crippen LogP contribution in [0.15, 0.2) is 48.7 Å². The molecule has 0 aliphatic carbocycles. The summed E-state index contributed by atoms with van der Waals surface area (Å²) in [5, 5.41) is 5.42. The Morgan fingerprint density at radius 1 is 1.13 bits per heavy atom. The number of nitrogen functional groups attached to an aromatic ring is 1. The fraction of sp³-hybridized carbons (Fsp3) is 0.280. The zero-order valence-corrected chi connectivity index (χ0v) is 18.1. The number of hydrogen-bond acceptors (Lipinski definition) is 4. The van der Waals surface area contributed by atoms with Crippen molar-refractivity contribution in [1.82, 2.24) is 15.2 Å². The van der Waals surface area contributed by atoms with Gasteiger partial charge in [0, 0.05) is 39.7 Å². The highest BCUT2D eigenvalue weighted by Gasteiger charge is 2.11. The molecule has 2 aromatic carbocycles. The molecule has 1 aliphatic heterocycles. The lowest BCUT2D eigenvalue weighted by Gasteiger charge is -2.14. The second kappa shape index (κ2) is 9.82. The molecule has 0 radical (unpaired) electrons. The summed E-state index contributed by atoms with van der Waals surface area (Å²) in [4.78, 5) is 19.0. The number of carbonyl (C=O) groups is 1. The third-order valence-corrected chi connectivity index (χ3v) is 5.73. The summed E-state index contributed by atoms with van der Waals surface area (Å²) in [5.74, 6) is 6.54. The van der Waals surface area contributed by atoms with Crippen LogP contribution in [-0.4, -0.2) is 42.0 Å². The molecule has 1 aromatic heterocycles. The van der Waals surface area contributed by atoms with Crippen molar-refractivity contribution in [2.75, 3.05) is 31.9 Å². The summed E-state index contributed by atoms with van der Waals surface area (Å²) >= 11 is 6.14. The van der Waals surface area contributed by atoms with Gasteiger partial charge in [-0.05, 0) is 75.3 Å².